The van der Waals surface area contributed by atoms with Crippen molar-refractivity contribution in [3.05, 3.63) is 67.9 Å². The number of aryl methyl sites for hydroxylation is 1. The van der Waals surface area contributed by atoms with Gasteiger partial charge in [-0.05, 0) is 55.2 Å². The maximum atomic E-state index is 13.9. The van der Waals surface area contributed by atoms with Crippen molar-refractivity contribution < 1.29 is 14.0 Å². The second-order valence-electron chi connectivity index (χ2n) is 6.88. The van der Waals surface area contributed by atoms with Crippen LogP contribution in [0.4, 0.5) is 4.39 Å². The SMILES string of the molecule is O=C(c1ccc(Cl)c(Cl)c1)C1CCN(C(=O)CCc2ccc(Br)cc2F)CC1. The zero-order chi connectivity index (χ0) is 20.3. The predicted molar refractivity (Wildman–Crippen MR) is 113 cm³/mol. The van der Waals surface area contributed by atoms with Crippen molar-refractivity contribution in [3.63, 3.8) is 0 Å². The molecule has 1 heterocycles. The predicted octanol–water partition coefficient (Wildman–Crippen LogP) is 5.95. The third-order valence-corrected chi connectivity index (χ3v) is 6.28. The van der Waals surface area contributed by atoms with Crippen LogP contribution in [0.2, 0.25) is 10.0 Å². The summed E-state index contributed by atoms with van der Waals surface area (Å²) < 4.78 is 14.6. The van der Waals surface area contributed by atoms with Gasteiger partial charge in [-0.15, -0.1) is 0 Å². The average Bonchev–Trinajstić information content (AvgIpc) is 2.69. The number of benzene rings is 2. The van der Waals surface area contributed by atoms with Crippen molar-refractivity contribution in [2.45, 2.75) is 25.7 Å². The van der Waals surface area contributed by atoms with E-state index in [2.05, 4.69) is 15.9 Å². The highest BCUT2D eigenvalue weighted by atomic mass is 79.9. The number of halogens is 4. The van der Waals surface area contributed by atoms with Gasteiger partial charge in [-0.2, -0.15) is 0 Å². The molecule has 0 radical (unpaired) electrons. The van der Waals surface area contributed by atoms with Crippen molar-refractivity contribution in [2.75, 3.05) is 13.1 Å². The van der Waals surface area contributed by atoms with E-state index in [0.29, 0.717) is 58.0 Å². The highest BCUT2D eigenvalue weighted by Crippen LogP contribution is 2.27. The van der Waals surface area contributed by atoms with Crippen LogP contribution < -0.4 is 0 Å². The fourth-order valence-electron chi connectivity index (χ4n) is 3.40. The Hall–Kier alpha value is -1.43. The molecule has 1 saturated heterocycles. The molecular weight excluding hydrogens is 468 g/mol. The van der Waals surface area contributed by atoms with Gasteiger partial charge < -0.3 is 4.90 Å². The van der Waals surface area contributed by atoms with Crippen molar-refractivity contribution in [2.24, 2.45) is 5.92 Å². The fraction of sp³-hybridized carbons (Fsp3) is 0.333. The summed E-state index contributed by atoms with van der Waals surface area (Å²) in [5.74, 6) is -0.427. The summed E-state index contributed by atoms with van der Waals surface area (Å²) in [6.45, 7) is 1.05. The molecule has 1 amide bonds. The van der Waals surface area contributed by atoms with E-state index in [4.69, 9.17) is 23.2 Å². The Balaban J connectivity index is 1.52. The summed E-state index contributed by atoms with van der Waals surface area (Å²) in [5, 5.41) is 0.779. The van der Waals surface area contributed by atoms with Crippen molar-refractivity contribution in [3.8, 4) is 0 Å². The molecule has 0 bridgehead atoms. The van der Waals surface area contributed by atoms with Gasteiger partial charge in [-0.25, -0.2) is 4.39 Å². The van der Waals surface area contributed by atoms with E-state index in [-0.39, 0.29) is 29.8 Å². The molecule has 0 aromatic heterocycles. The maximum Gasteiger partial charge on any atom is 0.222 e. The first kappa shape index (κ1) is 21.3. The van der Waals surface area contributed by atoms with Crippen molar-refractivity contribution >= 4 is 50.8 Å². The van der Waals surface area contributed by atoms with Crippen LogP contribution in [0, 0.1) is 11.7 Å². The molecular formula is C21H19BrCl2FNO2. The summed E-state index contributed by atoms with van der Waals surface area (Å²) in [4.78, 5) is 26.9. The monoisotopic (exact) mass is 485 g/mol. The van der Waals surface area contributed by atoms with Crippen LogP contribution in [0.25, 0.3) is 0 Å². The van der Waals surface area contributed by atoms with Crippen LogP contribution in [-0.4, -0.2) is 29.7 Å². The number of nitrogens with zero attached hydrogens (tertiary/aromatic N) is 1. The Labute approximate surface area is 181 Å². The first-order chi connectivity index (χ1) is 13.3. The van der Waals surface area contributed by atoms with Crippen LogP contribution in [-0.2, 0) is 11.2 Å². The summed E-state index contributed by atoms with van der Waals surface area (Å²) in [6, 6.07) is 9.76. The highest BCUT2D eigenvalue weighted by Gasteiger charge is 2.28. The number of hydrogen-bond acceptors (Lipinski definition) is 2. The zero-order valence-electron chi connectivity index (χ0n) is 15.1. The van der Waals surface area contributed by atoms with E-state index in [1.54, 1.807) is 35.2 Å². The van der Waals surface area contributed by atoms with Crippen LogP contribution >= 0.6 is 39.1 Å². The molecule has 3 rings (SSSR count). The van der Waals surface area contributed by atoms with Gasteiger partial charge in [0.05, 0.1) is 10.0 Å². The molecule has 28 heavy (non-hydrogen) atoms. The summed E-state index contributed by atoms with van der Waals surface area (Å²) in [5.41, 5.74) is 1.08. The molecule has 3 nitrogen and oxygen atoms in total. The first-order valence-electron chi connectivity index (χ1n) is 9.06. The van der Waals surface area contributed by atoms with E-state index in [1.807, 2.05) is 0 Å². The summed E-state index contributed by atoms with van der Waals surface area (Å²) in [6.07, 6.45) is 1.83. The lowest BCUT2D eigenvalue weighted by Gasteiger charge is -2.31. The van der Waals surface area contributed by atoms with Gasteiger partial charge in [-0.1, -0.05) is 45.2 Å². The first-order valence-corrected chi connectivity index (χ1v) is 10.6. The van der Waals surface area contributed by atoms with E-state index >= 15 is 0 Å². The standard InChI is InChI=1S/C21H19BrCl2FNO2/c22-16-4-1-13(19(25)12-16)3-6-20(27)26-9-7-14(8-10-26)21(28)15-2-5-17(23)18(24)11-15/h1-2,4-5,11-12,14H,3,6-10H2. The molecule has 2 aromatic rings. The van der Waals surface area contributed by atoms with E-state index in [9.17, 15) is 14.0 Å². The van der Waals surface area contributed by atoms with Crippen LogP contribution in [0.15, 0.2) is 40.9 Å². The largest absolute Gasteiger partial charge is 0.343 e. The third-order valence-electron chi connectivity index (χ3n) is 5.05. The lowest BCUT2D eigenvalue weighted by Crippen LogP contribution is -2.40. The molecule has 0 unspecified atom stereocenters. The van der Waals surface area contributed by atoms with E-state index < -0.39 is 0 Å². The van der Waals surface area contributed by atoms with Crippen molar-refractivity contribution in [1.82, 2.24) is 4.90 Å². The molecule has 2 aromatic carbocycles. The van der Waals surface area contributed by atoms with Crippen LogP contribution in [0.1, 0.15) is 35.2 Å². The number of carbonyl (C=O) groups is 2. The van der Waals surface area contributed by atoms with Crippen LogP contribution in [0.5, 0.6) is 0 Å². The number of likely N-dealkylation sites (tertiary alicyclic amines) is 1. The minimum absolute atomic E-state index is 0.0113. The third kappa shape index (κ3) is 5.13. The molecule has 0 N–H and O–H groups in total. The summed E-state index contributed by atoms with van der Waals surface area (Å²) >= 11 is 15.1. The number of hydrogen-bond donors (Lipinski definition) is 0. The minimum Gasteiger partial charge on any atom is -0.343 e. The molecule has 0 aliphatic carbocycles. The number of ketones is 1. The van der Waals surface area contributed by atoms with Gasteiger partial charge in [0.25, 0.3) is 0 Å². The van der Waals surface area contributed by atoms with Gasteiger partial charge in [-0.3, -0.25) is 9.59 Å². The van der Waals surface area contributed by atoms with Crippen LogP contribution in [0.3, 0.4) is 0 Å². The topological polar surface area (TPSA) is 37.4 Å². The van der Waals surface area contributed by atoms with Gasteiger partial charge >= 0.3 is 0 Å². The quantitative estimate of drug-likeness (QED) is 0.489. The fourth-order valence-corrected chi connectivity index (χ4v) is 4.03. The molecule has 0 saturated carbocycles. The number of amides is 1. The van der Waals surface area contributed by atoms with Gasteiger partial charge in [0.15, 0.2) is 5.78 Å². The maximum absolute atomic E-state index is 13.9. The Bertz CT molecular complexity index is 898. The molecule has 148 valence electrons. The van der Waals surface area contributed by atoms with Gasteiger partial charge in [0.1, 0.15) is 5.82 Å². The summed E-state index contributed by atoms with van der Waals surface area (Å²) in [7, 11) is 0. The lowest BCUT2D eigenvalue weighted by atomic mass is 9.88. The molecule has 1 fully saturated rings. The zero-order valence-corrected chi connectivity index (χ0v) is 18.2. The Morgan fingerprint density at radius 2 is 1.79 bits per heavy atom. The molecule has 0 spiro atoms. The molecule has 1 aliphatic heterocycles. The van der Waals surface area contributed by atoms with Gasteiger partial charge in [0.2, 0.25) is 5.91 Å². The Morgan fingerprint density at radius 3 is 2.43 bits per heavy atom. The molecule has 1 aliphatic rings. The number of rotatable bonds is 5. The van der Waals surface area contributed by atoms with E-state index in [0.717, 1.165) is 0 Å². The van der Waals surface area contributed by atoms with Gasteiger partial charge in [0, 0.05) is 35.5 Å². The van der Waals surface area contributed by atoms with E-state index in [1.165, 1.54) is 6.07 Å². The number of piperidine rings is 1. The average molecular weight is 487 g/mol. The number of Topliss-reactive ketones (excluding diaryl/α,β-unsaturated/α-hetero) is 1. The number of carbonyl (C=O) groups excluding carboxylic acids is 2. The molecule has 0 atom stereocenters. The van der Waals surface area contributed by atoms with Crippen molar-refractivity contribution in [1.29, 1.82) is 0 Å². The Morgan fingerprint density at radius 1 is 1.07 bits per heavy atom. The highest BCUT2D eigenvalue weighted by molar-refractivity contribution is 9.10. The second kappa shape index (κ2) is 9.38. The minimum atomic E-state index is -0.312. The smallest absolute Gasteiger partial charge is 0.222 e. The second-order valence-corrected chi connectivity index (χ2v) is 8.61. The normalized spacial score (nSPS) is 14.9. The molecule has 7 heteroatoms. The lowest BCUT2D eigenvalue weighted by molar-refractivity contribution is -0.132. The Kier molecular flexibility index (Phi) is 7.13.